The van der Waals surface area contributed by atoms with Crippen LogP contribution >= 0.6 is 0 Å². The molecule has 0 saturated carbocycles. The van der Waals surface area contributed by atoms with E-state index in [9.17, 15) is 4.79 Å². The quantitative estimate of drug-likeness (QED) is 0.854. The molecule has 1 fully saturated rings. The summed E-state index contributed by atoms with van der Waals surface area (Å²) in [7, 11) is 0. The van der Waals surface area contributed by atoms with Gasteiger partial charge in [0, 0.05) is 18.7 Å². The molecular formula is C13H19NO3. The summed E-state index contributed by atoms with van der Waals surface area (Å²) in [6.07, 6.45) is 3.57. The van der Waals surface area contributed by atoms with Crippen molar-refractivity contribution in [3.8, 4) is 5.75 Å². The van der Waals surface area contributed by atoms with Crippen LogP contribution in [0.25, 0.3) is 0 Å². The van der Waals surface area contributed by atoms with Crippen LogP contribution in [0.3, 0.4) is 0 Å². The Labute approximate surface area is 101 Å². The first-order valence-corrected chi connectivity index (χ1v) is 6.11. The van der Waals surface area contributed by atoms with Crippen LogP contribution < -0.4 is 5.43 Å². The lowest BCUT2D eigenvalue weighted by atomic mass is 9.95. The number of hydrogen-bond donors (Lipinski definition) is 1. The number of nitrogens with zero attached hydrogens (tertiary/aromatic N) is 1. The number of likely N-dealkylation sites (tertiary alicyclic amines) is 1. The number of rotatable bonds is 2. The first kappa shape index (κ1) is 12.2. The van der Waals surface area contributed by atoms with E-state index in [2.05, 4.69) is 18.7 Å². The highest BCUT2D eigenvalue weighted by atomic mass is 16.4. The maximum Gasteiger partial charge on any atom is 0.226 e. The fourth-order valence-corrected chi connectivity index (χ4v) is 2.33. The summed E-state index contributed by atoms with van der Waals surface area (Å²) >= 11 is 0. The first-order valence-electron chi connectivity index (χ1n) is 6.11. The molecule has 0 aliphatic carbocycles. The van der Waals surface area contributed by atoms with Crippen molar-refractivity contribution >= 4 is 0 Å². The zero-order valence-corrected chi connectivity index (χ0v) is 10.3. The Morgan fingerprint density at radius 2 is 2.24 bits per heavy atom. The minimum absolute atomic E-state index is 0.325. The molecule has 2 heterocycles. The summed E-state index contributed by atoms with van der Waals surface area (Å²) in [5, 5.41) is 9.12. The molecule has 4 heteroatoms. The standard InChI is InChI=1S/C13H19NO3/c1-9-3-4-10(2)14(6-9)7-11-5-12(15)13(16)8-17-11/h5,8-10,16H,3-4,6-7H2,1-2H3/t9-,10-/m0/s1. The molecule has 2 rings (SSSR count). The predicted octanol–water partition coefficient (Wildman–Crippen LogP) is 1.97. The van der Waals surface area contributed by atoms with Crippen molar-refractivity contribution in [3.05, 3.63) is 28.3 Å². The van der Waals surface area contributed by atoms with E-state index in [4.69, 9.17) is 9.52 Å². The van der Waals surface area contributed by atoms with Crippen molar-refractivity contribution in [2.24, 2.45) is 5.92 Å². The van der Waals surface area contributed by atoms with Gasteiger partial charge in [-0.3, -0.25) is 9.69 Å². The minimum Gasteiger partial charge on any atom is -0.502 e. The van der Waals surface area contributed by atoms with Gasteiger partial charge in [-0.25, -0.2) is 0 Å². The molecule has 1 aromatic rings. The average molecular weight is 237 g/mol. The highest BCUT2D eigenvalue weighted by Crippen LogP contribution is 2.23. The molecule has 1 aliphatic rings. The molecule has 1 aromatic heterocycles. The molecule has 0 bridgehead atoms. The Bertz CT molecular complexity index is 441. The van der Waals surface area contributed by atoms with Crippen LogP contribution in [0.4, 0.5) is 0 Å². The largest absolute Gasteiger partial charge is 0.502 e. The van der Waals surface area contributed by atoms with Crippen molar-refractivity contribution in [3.63, 3.8) is 0 Å². The Hall–Kier alpha value is -1.29. The van der Waals surface area contributed by atoms with Crippen LogP contribution in [0.2, 0.25) is 0 Å². The van der Waals surface area contributed by atoms with Crippen molar-refractivity contribution in [1.29, 1.82) is 0 Å². The average Bonchev–Trinajstić information content (AvgIpc) is 2.29. The van der Waals surface area contributed by atoms with Crippen LogP contribution in [-0.2, 0) is 6.54 Å². The predicted molar refractivity (Wildman–Crippen MR) is 64.9 cm³/mol. The van der Waals surface area contributed by atoms with Crippen molar-refractivity contribution < 1.29 is 9.52 Å². The molecule has 4 nitrogen and oxygen atoms in total. The molecule has 0 spiro atoms. The van der Waals surface area contributed by atoms with Gasteiger partial charge in [-0.15, -0.1) is 0 Å². The van der Waals surface area contributed by atoms with Gasteiger partial charge in [0.15, 0.2) is 5.75 Å². The summed E-state index contributed by atoms with van der Waals surface area (Å²) < 4.78 is 5.23. The second kappa shape index (κ2) is 4.92. The SMILES string of the molecule is C[C@H]1CC[C@H](C)N(Cc2cc(=O)c(O)co2)C1. The van der Waals surface area contributed by atoms with E-state index in [0.717, 1.165) is 12.8 Å². The third-order valence-corrected chi connectivity index (χ3v) is 3.47. The monoisotopic (exact) mass is 237 g/mol. The Morgan fingerprint density at radius 1 is 1.47 bits per heavy atom. The first-order chi connectivity index (χ1) is 8.06. The van der Waals surface area contributed by atoms with Crippen LogP contribution in [0.15, 0.2) is 21.5 Å². The fourth-order valence-electron chi connectivity index (χ4n) is 2.33. The zero-order chi connectivity index (χ0) is 12.4. The van der Waals surface area contributed by atoms with Crippen LogP contribution in [0, 0.1) is 5.92 Å². The third kappa shape index (κ3) is 2.88. The molecule has 0 aromatic carbocycles. The summed E-state index contributed by atoms with van der Waals surface area (Å²) in [5.41, 5.74) is -0.371. The van der Waals surface area contributed by atoms with Crippen molar-refractivity contribution in [2.75, 3.05) is 6.54 Å². The topological polar surface area (TPSA) is 53.7 Å². The van der Waals surface area contributed by atoms with Gasteiger partial charge >= 0.3 is 0 Å². The second-order valence-electron chi connectivity index (χ2n) is 5.06. The van der Waals surface area contributed by atoms with Gasteiger partial charge in [0.25, 0.3) is 0 Å². The van der Waals surface area contributed by atoms with E-state index in [1.165, 1.54) is 18.9 Å². The highest BCUT2D eigenvalue weighted by Gasteiger charge is 2.23. The molecule has 1 aliphatic heterocycles. The van der Waals surface area contributed by atoms with Gasteiger partial charge in [0.2, 0.25) is 5.43 Å². The molecule has 1 N–H and O–H groups in total. The Kier molecular flexibility index (Phi) is 3.52. The van der Waals surface area contributed by atoms with Crippen molar-refractivity contribution in [1.82, 2.24) is 4.90 Å². The Balaban J connectivity index is 2.08. The van der Waals surface area contributed by atoms with Crippen LogP contribution in [0.5, 0.6) is 5.75 Å². The van der Waals surface area contributed by atoms with Crippen molar-refractivity contribution in [2.45, 2.75) is 39.3 Å². The molecule has 1 saturated heterocycles. The zero-order valence-electron chi connectivity index (χ0n) is 10.3. The summed E-state index contributed by atoms with van der Waals surface area (Å²) in [6.45, 7) is 6.11. The van der Waals surface area contributed by atoms with Gasteiger partial charge in [0.1, 0.15) is 12.0 Å². The fraction of sp³-hybridized carbons (Fsp3) is 0.615. The van der Waals surface area contributed by atoms with Crippen LogP contribution in [-0.4, -0.2) is 22.6 Å². The van der Waals surface area contributed by atoms with E-state index in [1.54, 1.807) is 0 Å². The van der Waals surface area contributed by atoms with E-state index in [1.807, 2.05) is 0 Å². The molecule has 17 heavy (non-hydrogen) atoms. The maximum absolute atomic E-state index is 11.3. The van der Waals surface area contributed by atoms with E-state index in [0.29, 0.717) is 24.3 Å². The molecular weight excluding hydrogens is 218 g/mol. The molecule has 2 atom stereocenters. The van der Waals surface area contributed by atoms with E-state index >= 15 is 0 Å². The molecule has 0 amide bonds. The van der Waals surface area contributed by atoms with Gasteiger partial charge in [-0.05, 0) is 25.7 Å². The smallest absolute Gasteiger partial charge is 0.226 e. The molecule has 94 valence electrons. The minimum atomic E-state index is -0.371. The summed E-state index contributed by atoms with van der Waals surface area (Å²) in [5.74, 6) is 0.984. The van der Waals surface area contributed by atoms with Crippen LogP contribution in [0.1, 0.15) is 32.4 Å². The normalized spacial score (nSPS) is 26.0. The lowest BCUT2D eigenvalue weighted by molar-refractivity contribution is 0.108. The van der Waals surface area contributed by atoms with Gasteiger partial charge in [-0.2, -0.15) is 0 Å². The summed E-state index contributed by atoms with van der Waals surface area (Å²) in [4.78, 5) is 13.6. The lowest BCUT2D eigenvalue weighted by Gasteiger charge is -2.36. The Morgan fingerprint density at radius 3 is 2.94 bits per heavy atom. The van der Waals surface area contributed by atoms with E-state index < -0.39 is 0 Å². The van der Waals surface area contributed by atoms with Gasteiger partial charge in [-0.1, -0.05) is 6.92 Å². The number of aromatic hydroxyl groups is 1. The lowest BCUT2D eigenvalue weighted by Crippen LogP contribution is -2.40. The summed E-state index contributed by atoms with van der Waals surface area (Å²) in [6, 6.07) is 1.90. The van der Waals surface area contributed by atoms with E-state index in [-0.39, 0.29) is 11.2 Å². The third-order valence-electron chi connectivity index (χ3n) is 3.47. The maximum atomic E-state index is 11.3. The second-order valence-corrected chi connectivity index (χ2v) is 5.06. The van der Waals surface area contributed by atoms with Gasteiger partial charge < -0.3 is 9.52 Å². The number of piperidine rings is 1. The highest BCUT2D eigenvalue weighted by molar-refractivity contribution is 5.15. The molecule has 0 unspecified atom stereocenters. The van der Waals surface area contributed by atoms with Gasteiger partial charge in [0.05, 0.1) is 6.54 Å². The molecule has 0 radical (unpaired) electrons. The number of hydrogen-bond acceptors (Lipinski definition) is 4.